The molecule has 0 amide bonds. The minimum atomic E-state index is -0.555. The number of methoxy groups -OCH3 is 1. The quantitative estimate of drug-likeness (QED) is 0.394. The van der Waals surface area contributed by atoms with Gasteiger partial charge in [-0.05, 0) is 86.5 Å². The molecule has 1 aliphatic rings. The standard InChI is InChI=1S/C28H36N2O3S/c1-20-4-3-5-24(16-20)34-15-14-30-13-11-21(22(18-30)19-31)6-9-28(32)25-10-12-29-27-8-7-23(33-2)17-26(25)27/h3-5,7-8,10,12,16-17,21-22,28,31-32H,6,9,11,13-15,18-19H2,1-2H3/t21-,22-,28?/m1/s1. The molecule has 3 aromatic rings. The summed E-state index contributed by atoms with van der Waals surface area (Å²) in [5, 5.41) is 22.0. The summed E-state index contributed by atoms with van der Waals surface area (Å²) in [6, 6.07) is 16.3. The number of hydrogen-bond donors (Lipinski definition) is 2. The minimum absolute atomic E-state index is 0.206. The number of aryl methyl sites for hydroxylation is 1. The summed E-state index contributed by atoms with van der Waals surface area (Å²) < 4.78 is 5.37. The molecule has 182 valence electrons. The minimum Gasteiger partial charge on any atom is -0.497 e. The Morgan fingerprint density at radius 3 is 2.85 bits per heavy atom. The second-order valence-corrected chi connectivity index (χ2v) is 10.5. The van der Waals surface area contributed by atoms with Gasteiger partial charge in [-0.25, -0.2) is 0 Å². The van der Waals surface area contributed by atoms with Crippen molar-refractivity contribution in [1.82, 2.24) is 9.88 Å². The van der Waals surface area contributed by atoms with Gasteiger partial charge in [-0.2, -0.15) is 0 Å². The average Bonchev–Trinajstić information content (AvgIpc) is 2.87. The molecule has 34 heavy (non-hydrogen) atoms. The van der Waals surface area contributed by atoms with Crippen LogP contribution in [0.2, 0.25) is 0 Å². The highest BCUT2D eigenvalue weighted by atomic mass is 32.2. The summed E-state index contributed by atoms with van der Waals surface area (Å²) in [7, 11) is 1.65. The third-order valence-electron chi connectivity index (χ3n) is 7.03. The Balaban J connectivity index is 1.29. The summed E-state index contributed by atoms with van der Waals surface area (Å²) in [5.74, 6) is 2.52. The number of aromatic nitrogens is 1. The highest BCUT2D eigenvalue weighted by molar-refractivity contribution is 7.99. The van der Waals surface area contributed by atoms with Crippen LogP contribution in [0.4, 0.5) is 0 Å². The first-order valence-electron chi connectivity index (χ1n) is 12.2. The van der Waals surface area contributed by atoms with Crippen molar-refractivity contribution in [2.45, 2.75) is 37.2 Å². The van der Waals surface area contributed by atoms with Crippen molar-refractivity contribution in [2.75, 3.05) is 39.1 Å². The van der Waals surface area contributed by atoms with Gasteiger partial charge in [0.15, 0.2) is 0 Å². The lowest BCUT2D eigenvalue weighted by atomic mass is 9.81. The van der Waals surface area contributed by atoms with Crippen LogP contribution in [-0.2, 0) is 0 Å². The second kappa shape index (κ2) is 12.0. The molecule has 0 spiro atoms. The van der Waals surface area contributed by atoms with E-state index in [1.165, 1.54) is 10.5 Å². The maximum Gasteiger partial charge on any atom is 0.119 e. The van der Waals surface area contributed by atoms with Crippen LogP contribution in [0.25, 0.3) is 10.9 Å². The molecular formula is C28H36N2O3S. The van der Waals surface area contributed by atoms with Crippen molar-refractivity contribution >= 4 is 22.7 Å². The highest BCUT2D eigenvalue weighted by Gasteiger charge is 2.29. The summed E-state index contributed by atoms with van der Waals surface area (Å²) in [6.45, 7) is 5.36. The lowest BCUT2D eigenvalue weighted by Crippen LogP contribution is -2.43. The van der Waals surface area contributed by atoms with Gasteiger partial charge in [0.25, 0.3) is 0 Å². The van der Waals surface area contributed by atoms with E-state index in [-0.39, 0.29) is 12.5 Å². The predicted molar refractivity (Wildman–Crippen MR) is 140 cm³/mol. The van der Waals surface area contributed by atoms with Crippen molar-refractivity contribution in [3.63, 3.8) is 0 Å². The first-order chi connectivity index (χ1) is 16.6. The van der Waals surface area contributed by atoms with Gasteiger partial charge in [0.1, 0.15) is 5.75 Å². The van der Waals surface area contributed by atoms with Gasteiger partial charge in [0.05, 0.1) is 18.7 Å². The Labute approximate surface area is 207 Å². The zero-order chi connectivity index (χ0) is 23.9. The highest BCUT2D eigenvalue weighted by Crippen LogP contribution is 2.33. The van der Waals surface area contributed by atoms with Crippen LogP contribution in [0.3, 0.4) is 0 Å². The van der Waals surface area contributed by atoms with Gasteiger partial charge in [0.2, 0.25) is 0 Å². The Bertz CT molecular complexity index is 1080. The molecule has 6 heteroatoms. The summed E-state index contributed by atoms with van der Waals surface area (Å²) >= 11 is 1.90. The summed E-state index contributed by atoms with van der Waals surface area (Å²) in [6.07, 6.45) is 3.86. The van der Waals surface area contributed by atoms with Crippen LogP contribution >= 0.6 is 11.8 Å². The van der Waals surface area contributed by atoms with Gasteiger partial charge in [-0.1, -0.05) is 17.7 Å². The molecule has 1 fully saturated rings. The van der Waals surface area contributed by atoms with Gasteiger partial charge in [0, 0.05) is 41.9 Å². The molecule has 5 nitrogen and oxygen atoms in total. The van der Waals surface area contributed by atoms with Gasteiger partial charge in [-0.3, -0.25) is 4.98 Å². The molecule has 0 bridgehead atoms. The number of pyridine rings is 1. The second-order valence-electron chi connectivity index (χ2n) is 9.33. The Morgan fingerprint density at radius 1 is 1.18 bits per heavy atom. The number of aliphatic hydroxyl groups excluding tert-OH is 2. The number of fused-ring (bicyclic) bond motifs is 1. The number of rotatable bonds is 10. The molecule has 3 atom stereocenters. The van der Waals surface area contributed by atoms with E-state index >= 15 is 0 Å². The number of benzene rings is 2. The predicted octanol–water partition coefficient (Wildman–Crippen LogP) is 5.09. The summed E-state index contributed by atoms with van der Waals surface area (Å²) in [4.78, 5) is 8.23. The van der Waals surface area contributed by atoms with E-state index < -0.39 is 6.10 Å². The van der Waals surface area contributed by atoms with Crippen LogP contribution < -0.4 is 4.74 Å². The molecule has 2 heterocycles. The van der Waals surface area contributed by atoms with E-state index in [4.69, 9.17) is 4.74 Å². The van der Waals surface area contributed by atoms with Crippen molar-refractivity contribution < 1.29 is 14.9 Å². The van der Waals surface area contributed by atoms with E-state index in [1.54, 1.807) is 13.3 Å². The maximum absolute atomic E-state index is 11.0. The van der Waals surface area contributed by atoms with Crippen molar-refractivity contribution in [3.05, 3.63) is 65.9 Å². The van der Waals surface area contributed by atoms with Crippen LogP contribution in [0.15, 0.2) is 59.6 Å². The first-order valence-corrected chi connectivity index (χ1v) is 13.2. The van der Waals surface area contributed by atoms with Crippen LogP contribution in [0.5, 0.6) is 5.75 Å². The third-order valence-corrected chi connectivity index (χ3v) is 8.00. The molecular weight excluding hydrogens is 444 g/mol. The molecule has 0 radical (unpaired) electrons. The van der Waals surface area contributed by atoms with Gasteiger partial charge in [-0.15, -0.1) is 11.8 Å². The number of hydrogen-bond acceptors (Lipinski definition) is 6. The fraction of sp³-hybridized carbons (Fsp3) is 0.464. The number of aliphatic hydroxyl groups is 2. The molecule has 2 aromatic carbocycles. The van der Waals surface area contributed by atoms with Crippen LogP contribution in [-0.4, -0.2) is 59.2 Å². The molecule has 1 aliphatic heterocycles. The van der Waals surface area contributed by atoms with E-state index in [0.717, 1.165) is 60.4 Å². The molecule has 2 N–H and O–H groups in total. The molecule has 1 unspecified atom stereocenters. The average molecular weight is 481 g/mol. The fourth-order valence-corrected chi connectivity index (χ4v) is 6.06. The zero-order valence-corrected chi connectivity index (χ0v) is 21.0. The largest absolute Gasteiger partial charge is 0.497 e. The van der Waals surface area contributed by atoms with Crippen LogP contribution in [0, 0.1) is 18.8 Å². The number of likely N-dealkylation sites (tertiary alicyclic amines) is 1. The number of thioether (sulfide) groups is 1. The molecule has 1 aromatic heterocycles. The number of piperidine rings is 1. The van der Waals surface area contributed by atoms with E-state index in [0.29, 0.717) is 12.3 Å². The zero-order valence-electron chi connectivity index (χ0n) is 20.2. The third kappa shape index (κ3) is 6.30. The van der Waals surface area contributed by atoms with Gasteiger partial charge < -0.3 is 19.8 Å². The first kappa shape index (κ1) is 25.0. The lowest BCUT2D eigenvalue weighted by molar-refractivity contribution is 0.0608. The van der Waals surface area contributed by atoms with Gasteiger partial charge >= 0.3 is 0 Å². The number of ether oxygens (including phenoxy) is 1. The van der Waals surface area contributed by atoms with Crippen molar-refractivity contribution in [3.8, 4) is 5.75 Å². The Morgan fingerprint density at radius 2 is 2.06 bits per heavy atom. The Hall–Kier alpha value is -2.12. The number of nitrogens with zero attached hydrogens (tertiary/aromatic N) is 2. The SMILES string of the molecule is COc1ccc2nccc(C(O)CC[C@@H]3CCN(CCSc4cccc(C)c4)C[C@@H]3CO)c2c1. The van der Waals surface area contributed by atoms with Crippen molar-refractivity contribution in [2.24, 2.45) is 11.8 Å². The summed E-state index contributed by atoms with van der Waals surface area (Å²) in [5.41, 5.74) is 3.06. The lowest BCUT2D eigenvalue weighted by Gasteiger charge is -2.38. The van der Waals surface area contributed by atoms with Crippen molar-refractivity contribution in [1.29, 1.82) is 0 Å². The maximum atomic E-state index is 11.0. The van der Waals surface area contributed by atoms with E-state index in [9.17, 15) is 10.2 Å². The molecule has 4 rings (SSSR count). The smallest absolute Gasteiger partial charge is 0.119 e. The van der Waals surface area contributed by atoms with Crippen LogP contribution in [0.1, 0.15) is 36.5 Å². The fourth-order valence-electron chi connectivity index (χ4n) is 5.04. The molecule has 0 aliphatic carbocycles. The molecule has 1 saturated heterocycles. The topological polar surface area (TPSA) is 65.8 Å². The monoisotopic (exact) mass is 480 g/mol. The Kier molecular flexibility index (Phi) is 8.84. The molecule has 0 saturated carbocycles. The van der Waals surface area contributed by atoms with E-state index in [2.05, 4.69) is 41.1 Å². The van der Waals surface area contributed by atoms with E-state index in [1.807, 2.05) is 36.0 Å². The normalized spacial score (nSPS) is 19.9.